The summed E-state index contributed by atoms with van der Waals surface area (Å²) in [5.41, 5.74) is 6.92. The first-order chi connectivity index (χ1) is 10.2. The number of carbonyl (C=O) groups excluding carboxylic acids is 2. The number of amides is 2. The van der Waals surface area contributed by atoms with Crippen LogP contribution in [0.1, 0.15) is 35.3 Å². The Labute approximate surface area is 125 Å². The van der Waals surface area contributed by atoms with Gasteiger partial charge in [-0.15, -0.1) is 11.3 Å². The summed E-state index contributed by atoms with van der Waals surface area (Å²) in [6.45, 7) is 0. The number of nitrogens with zero attached hydrogens (tertiary/aromatic N) is 1. The molecule has 108 valence electrons. The molecule has 0 spiro atoms. The van der Waals surface area contributed by atoms with Crippen molar-refractivity contribution in [2.24, 2.45) is 0 Å². The molecule has 0 unspecified atom stereocenters. The van der Waals surface area contributed by atoms with Crippen LogP contribution in [0.5, 0.6) is 0 Å². The molecule has 2 aliphatic rings. The van der Waals surface area contributed by atoms with Crippen LogP contribution in [0, 0.1) is 11.3 Å². The predicted octanol–water partition coefficient (Wildman–Crippen LogP) is 1.35. The van der Waals surface area contributed by atoms with Crippen LogP contribution < -0.4 is 16.2 Å². The van der Waals surface area contributed by atoms with E-state index in [2.05, 4.69) is 22.2 Å². The summed E-state index contributed by atoms with van der Waals surface area (Å²) in [5.74, 6) is -0.527. The number of hydrogen-bond donors (Lipinski definition) is 3. The predicted molar refractivity (Wildman–Crippen MR) is 78.3 cm³/mol. The lowest BCUT2D eigenvalue weighted by molar-refractivity contribution is -0.121. The van der Waals surface area contributed by atoms with Crippen molar-refractivity contribution in [1.82, 2.24) is 10.9 Å². The van der Waals surface area contributed by atoms with Crippen LogP contribution in [-0.2, 0) is 22.4 Å². The minimum Gasteiger partial charge on any atom is -0.311 e. The van der Waals surface area contributed by atoms with Crippen LogP contribution in [0.25, 0.3) is 0 Å². The molecule has 3 N–H and O–H groups in total. The van der Waals surface area contributed by atoms with Gasteiger partial charge in [0.25, 0.3) is 5.91 Å². The molecule has 0 fully saturated rings. The molecule has 1 aliphatic heterocycles. The number of hydrogen-bond acceptors (Lipinski definition) is 5. The molecule has 1 aromatic heterocycles. The number of nitrogens with one attached hydrogen (secondary N) is 3. The zero-order valence-corrected chi connectivity index (χ0v) is 12.1. The van der Waals surface area contributed by atoms with E-state index >= 15 is 0 Å². The van der Waals surface area contributed by atoms with E-state index in [1.54, 1.807) is 0 Å². The zero-order chi connectivity index (χ0) is 14.8. The molecule has 0 saturated carbocycles. The van der Waals surface area contributed by atoms with E-state index in [9.17, 15) is 14.9 Å². The number of carbonyl (C=O) groups is 2. The molecule has 1 aliphatic carbocycles. The number of nitriles is 1. The van der Waals surface area contributed by atoms with Crippen molar-refractivity contribution in [2.45, 2.75) is 32.1 Å². The normalized spacial score (nSPS) is 16.9. The summed E-state index contributed by atoms with van der Waals surface area (Å²) in [4.78, 5) is 24.4. The molecule has 21 heavy (non-hydrogen) atoms. The maximum atomic E-state index is 12.2. The lowest BCUT2D eigenvalue weighted by Crippen LogP contribution is -2.43. The molecule has 6 nitrogen and oxygen atoms in total. The molecule has 0 saturated heterocycles. The van der Waals surface area contributed by atoms with Crippen molar-refractivity contribution in [1.29, 1.82) is 5.26 Å². The lowest BCUT2D eigenvalue weighted by Gasteiger charge is -2.15. The fourth-order valence-corrected chi connectivity index (χ4v) is 3.76. The smallest absolute Gasteiger partial charge is 0.273 e. The van der Waals surface area contributed by atoms with Gasteiger partial charge in [-0.1, -0.05) is 0 Å². The topological polar surface area (TPSA) is 94.0 Å². The van der Waals surface area contributed by atoms with Gasteiger partial charge in [-0.25, -0.2) is 0 Å². The van der Waals surface area contributed by atoms with Gasteiger partial charge < -0.3 is 5.32 Å². The van der Waals surface area contributed by atoms with Crippen LogP contribution in [0.4, 0.5) is 5.00 Å². The molecule has 0 radical (unpaired) electrons. The van der Waals surface area contributed by atoms with Crippen molar-refractivity contribution in [3.05, 3.63) is 27.8 Å². The molecule has 0 aromatic carbocycles. The van der Waals surface area contributed by atoms with Crippen LogP contribution in [0.15, 0.2) is 11.8 Å². The Hall–Kier alpha value is -2.33. The average Bonchev–Trinajstić information content (AvgIpc) is 2.84. The minimum absolute atomic E-state index is 0.168. The Morgan fingerprint density at radius 3 is 2.86 bits per heavy atom. The van der Waals surface area contributed by atoms with Gasteiger partial charge in [0.05, 0.1) is 5.56 Å². The average molecular weight is 302 g/mol. The van der Waals surface area contributed by atoms with E-state index in [0.717, 1.165) is 31.2 Å². The van der Waals surface area contributed by atoms with Crippen LogP contribution in [0.2, 0.25) is 0 Å². The van der Waals surface area contributed by atoms with Crippen molar-refractivity contribution in [3.63, 3.8) is 0 Å². The molecular formula is C14H14N4O2S. The fraction of sp³-hybridized carbons (Fsp3) is 0.357. The zero-order valence-electron chi connectivity index (χ0n) is 11.3. The van der Waals surface area contributed by atoms with E-state index in [1.807, 2.05) is 0 Å². The number of anilines is 1. The Balaban J connectivity index is 1.82. The highest BCUT2D eigenvalue weighted by atomic mass is 32.1. The molecule has 7 heteroatoms. The number of rotatable bonds is 2. The second-order valence-corrected chi connectivity index (χ2v) is 6.08. The maximum Gasteiger partial charge on any atom is 0.273 e. The fourth-order valence-electron chi connectivity index (χ4n) is 2.53. The van der Waals surface area contributed by atoms with E-state index < -0.39 is 0 Å². The highest BCUT2D eigenvalue weighted by molar-refractivity contribution is 7.16. The molecule has 2 amide bonds. The minimum atomic E-state index is -0.343. The number of hydrazine groups is 1. The Morgan fingerprint density at radius 2 is 2.14 bits per heavy atom. The summed E-state index contributed by atoms with van der Waals surface area (Å²) < 4.78 is 0. The summed E-state index contributed by atoms with van der Waals surface area (Å²) in [6, 6.07) is 2.21. The van der Waals surface area contributed by atoms with Crippen molar-refractivity contribution < 1.29 is 9.59 Å². The first-order valence-corrected chi connectivity index (χ1v) is 7.61. The standard InChI is InChI=1S/C14H14N4O2S/c15-7-9-8-3-1-2-4-11(8)21-14(9)16-13(20)10-5-6-12(19)18-17-10/h5,17H,1-4,6H2,(H,16,20)(H,18,19). The van der Waals surface area contributed by atoms with Gasteiger partial charge in [-0.2, -0.15) is 5.26 Å². The summed E-state index contributed by atoms with van der Waals surface area (Å²) in [6.07, 6.45) is 5.80. The summed E-state index contributed by atoms with van der Waals surface area (Å²) in [5, 5.41) is 12.7. The van der Waals surface area contributed by atoms with E-state index in [-0.39, 0.29) is 18.2 Å². The van der Waals surface area contributed by atoms with Crippen LogP contribution in [-0.4, -0.2) is 11.8 Å². The van der Waals surface area contributed by atoms with E-state index in [4.69, 9.17) is 0 Å². The third-order valence-electron chi connectivity index (χ3n) is 3.58. The van der Waals surface area contributed by atoms with Gasteiger partial charge in [-0.3, -0.25) is 20.4 Å². The van der Waals surface area contributed by atoms with Crippen LogP contribution in [0.3, 0.4) is 0 Å². The highest BCUT2D eigenvalue weighted by Crippen LogP contribution is 2.37. The number of thiophene rings is 1. The van der Waals surface area contributed by atoms with Gasteiger partial charge in [0.2, 0.25) is 5.91 Å². The Kier molecular flexibility index (Phi) is 3.62. The second kappa shape index (κ2) is 5.58. The number of fused-ring (bicyclic) bond motifs is 1. The molecule has 0 bridgehead atoms. The van der Waals surface area contributed by atoms with Gasteiger partial charge in [0, 0.05) is 11.3 Å². The van der Waals surface area contributed by atoms with Crippen LogP contribution >= 0.6 is 11.3 Å². The largest absolute Gasteiger partial charge is 0.311 e. The number of aryl methyl sites for hydroxylation is 1. The molecular weight excluding hydrogens is 288 g/mol. The maximum absolute atomic E-state index is 12.2. The Morgan fingerprint density at radius 1 is 1.33 bits per heavy atom. The van der Waals surface area contributed by atoms with E-state index in [0.29, 0.717) is 16.3 Å². The monoisotopic (exact) mass is 302 g/mol. The SMILES string of the molecule is N#Cc1c(NC(=O)C2=CCC(=O)NN2)sc2c1CCCC2. The highest BCUT2D eigenvalue weighted by Gasteiger charge is 2.23. The van der Waals surface area contributed by atoms with Gasteiger partial charge in [0.15, 0.2) is 0 Å². The first kappa shape index (κ1) is 13.6. The van der Waals surface area contributed by atoms with Crippen molar-refractivity contribution >= 4 is 28.2 Å². The molecule has 0 atom stereocenters. The van der Waals surface area contributed by atoms with Gasteiger partial charge in [-0.05, 0) is 37.3 Å². The van der Waals surface area contributed by atoms with E-state index in [1.165, 1.54) is 22.3 Å². The van der Waals surface area contributed by atoms with Crippen molar-refractivity contribution in [2.75, 3.05) is 5.32 Å². The van der Waals surface area contributed by atoms with Gasteiger partial charge in [0.1, 0.15) is 16.8 Å². The van der Waals surface area contributed by atoms with Gasteiger partial charge >= 0.3 is 0 Å². The third kappa shape index (κ3) is 2.62. The third-order valence-corrected chi connectivity index (χ3v) is 4.79. The molecule has 2 heterocycles. The molecule has 3 rings (SSSR count). The lowest BCUT2D eigenvalue weighted by atomic mass is 9.96. The molecule has 1 aromatic rings. The summed E-state index contributed by atoms with van der Waals surface area (Å²) >= 11 is 1.48. The Bertz CT molecular complexity index is 684. The van der Waals surface area contributed by atoms with Crippen molar-refractivity contribution in [3.8, 4) is 6.07 Å². The summed E-state index contributed by atoms with van der Waals surface area (Å²) in [7, 11) is 0. The first-order valence-electron chi connectivity index (χ1n) is 6.80. The second-order valence-electron chi connectivity index (χ2n) is 4.98. The quantitative estimate of drug-likeness (QED) is 0.768.